The molecule has 4 heterocycles. The topological polar surface area (TPSA) is 133 Å². The molecule has 1 N–H and O–H groups in total. The summed E-state index contributed by atoms with van der Waals surface area (Å²) >= 11 is 0. The molecule has 2 fully saturated rings. The molecule has 330 valence electrons. The third-order valence-electron chi connectivity index (χ3n) is 13.3. The molecule has 7 rings (SSSR count). The number of H-pyrrole nitrogens is 1. The largest absolute Gasteiger partial charge is 0.453 e. The average molecular weight is 846 g/mol. The number of fused-ring (bicyclic) bond motifs is 2. The molecule has 3 aromatic carbocycles. The van der Waals surface area contributed by atoms with Crippen LogP contribution in [0.3, 0.4) is 0 Å². The van der Waals surface area contributed by atoms with Crippen LogP contribution in [0.2, 0.25) is 0 Å². The van der Waals surface area contributed by atoms with Crippen LogP contribution < -0.4 is 0 Å². The number of ether oxygens (including phenoxy) is 2. The third kappa shape index (κ3) is 8.01. The number of aryl methyl sites for hydroxylation is 2. The first-order valence-corrected chi connectivity index (χ1v) is 21.9. The molecule has 4 amide bonds. The lowest BCUT2D eigenvalue weighted by molar-refractivity contribution is -0.139. The molecule has 13 nitrogen and oxygen atoms in total. The number of carbonyl (C=O) groups is 4. The van der Waals surface area contributed by atoms with E-state index >= 15 is 0 Å². The number of aromatic amines is 1. The van der Waals surface area contributed by atoms with Gasteiger partial charge in [-0.3, -0.25) is 19.4 Å². The number of carbonyl (C=O) groups excluding carboxylic acids is 4. The quantitative estimate of drug-likeness (QED) is 0.148. The van der Waals surface area contributed by atoms with Crippen LogP contribution in [-0.4, -0.2) is 112 Å². The van der Waals surface area contributed by atoms with Crippen LogP contribution in [-0.2, 0) is 26.1 Å². The van der Waals surface area contributed by atoms with E-state index in [4.69, 9.17) is 14.5 Å². The van der Waals surface area contributed by atoms with Gasteiger partial charge in [0.05, 0.1) is 37.3 Å². The molecule has 0 radical (unpaired) electrons. The Bertz CT molecular complexity index is 2320. The van der Waals surface area contributed by atoms with Crippen molar-refractivity contribution in [2.24, 2.45) is 30.7 Å². The Balaban J connectivity index is 1.13. The first-order chi connectivity index (χ1) is 29.4. The van der Waals surface area contributed by atoms with E-state index in [0.717, 1.165) is 74.1 Å². The Labute approximate surface area is 365 Å². The van der Waals surface area contributed by atoms with Gasteiger partial charge in [-0.1, -0.05) is 77.9 Å². The average Bonchev–Trinajstić information content (AvgIpc) is 4.01. The van der Waals surface area contributed by atoms with Gasteiger partial charge in [0.15, 0.2) is 0 Å². The molecule has 6 atom stereocenters. The predicted octanol–water partition coefficient (Wildman–Crippen LogP) is 8.96. The summed E-state index contributed by atoms with van der Waals surface area (Å²) in [6.45, 7) is 15.5. The Morgan fingerprint density at radius 1 is 0.710 bits per heavy atom. The maximum absolute atomic E-state index is 14.2. The minimum absolute atomic E-state index is 0.0623. The molecule has 0 unspecified atom stereocenters. The molecule has 2 saturated heterocycles. The van der Waals surface area contributed by atoms with Crippen LogP contribution in [0.25, 0.3) is 44.2 Å². The molecular weight excluding hydrogens is 783 g/mol. The SMILES string of the molecule is COC(=O)N(C)[C@H](C(=O)N1C[C@@H](C)C[C@H]1c1[nH]c2ccc(-c3ccc(-c4ccc5nc([C@@H]6C[C@H](C)CN6C(=O)[C@H](C(C)C)N(C)C(=O)OC)n(C)c5c4)cc3)cc2c1C)C(C)C. The molecule has 0 spiro atoms. The van der Waals surface area contributed by atoms with Crippen LogP contribution in [0.5, 0.6) is 0 Å². The summed E-state index contributed by atoms with van der Waals surface area (Å²) in [5.74, 6) is 1.08. The van der Waals surface area contributed by atoms with E-state index in [1.165, 1.54) is 24.0 Å². The third-order valence-corrected chi connectivity index (χ3v) is 13.3. The minimum Gasteiger partial charge on any atom is -0.453 e. The smallest absolute Gasteiger partial charge is 0.409 e. The molecule has 0 saturated carbocycles. The number of nitrogens with one attached hydrogen (secondary N) is 1. The highest BCUT2D eigenvalue weighted by atomic mass is 16.5. The second-order valence-electron chi connectivity index (χ2n) is 18.5. The lowest BCUT2D eigenvalue weighted by Crippen LogP contribution is -2.52. The number of imidazole rings is 1. The summed E-state index contributed by atoms with van der Waals surface area (Å²) in [7, 11) is 7.95. The molecule has 0 bridgehead atoms. The number of likely N-dealkylation sites (N-methyl/N-ethyl adjacent to an activating group) is 2. The summed E-state index contributed by atoms with van der Waals surface area (Å²) < 4.78 is 12.1. The zero-order valence-corrected chi connectivity index (χ0v) is 38.4. The highest BCUT2D eigenvalue weighted by Crippen LogP contribution is 2.41. The number of nitrogens with zero attached hydrogens (tertiary/aromatic N) is 6. The monoisotopic (exact) mass is 845 g/mol. The number of benzene rings is 3. The molecule has 2 aromatic heterocycles. The van der Waals surface area contributed by atoms with Gasteiger partial charge in [-0.05, 0) is 95.5 Å². The van der Waals surface area contributed by atoms with E-state index in [9.17, 15) is 19.2 Å². The summed E-state index contributed by atoms with van der Waals surface area (Å²) in [5, 5.41) is 1.12. The zero-order chi connectivity index (χ0) is 44.9. The standard InChI is InChI=1S/C49H63N7O6/c1-27(2)43(53(9)48(59)61-11)46(57)55-25-29(5)21-40(55)42-31(7)36-23-34(17-19-37(36)50-42)32-13-15-33(16-14-32)35-18-20-38-39(24-35)52(8)45(51-38)41-22-30(6)26-56(41)47(58)44(28(3)4)54(10)49(60)62-12/h13-20,23-24,27-30,40-41,43-44,50H,21-22,25-26H2,1-12H3/t29-,30-,40-,41-,43-,44-/m0/s1. The van der Waals surface area contributed by atoms with Gasteiger partial charge >= 0.3 is 12.2 Å². The van der Waals surface area contributed by atoms with Crippen molar-refractivity contribution in [3.63, 3.8) is 0 Å². The summed E-state index contributed by atoms with van der Waals surface area (Å²) in [5.41, 5.74) is 9.36. The van der Waals surface area contributed by atoms with Gasteiger partial charge < -0.3 is 28.8 Å². The first kappa shape index (κ1) is 44.2. The van der Waals surface area contributed by atoms with Crippen LogP contribution in [0, 0.1) is 30.6 Å². The molecule has 0 aliphatic carbocycles. The van der Waals surface area contributed by atoms with Gasteiger partial charge in [-0.15, -0.1) is 0 Å². The predicted molar refractivity (Wildman–Crippen MR) is 242 cm³/mol. The number of likely N-dealkylation sites (tertiary alicyclic amines) is 2. The fourth-order valence-electron chi connectivity index (χ4n) is 10.1. The molecule has 2 aliphatic rings. The number of rotatable bonds is 10. The van der Waals surface area contributed by atoms with Gasteiger partial charge in [0.25, 0.3) is 0 Å². The molecule has 2 aliphatic heterocycles. The summed E-state index contributed by atoms with van der Waals surface area (Å²) in [4.78, 5) is 68.8. The second kappa shape index (κ2) is 17.5. The van der Waals surface area contributed by atoms with Crippen LogP contribution in [0.15, 0.2) is 60.7 Å². The van der Waals surface area contributed by atoms with Crippen molar-refractivity contribution >= 4 is 45.9 Å². The van der Waals surface area contributed by atoms with Crippen molar-refractivity contribution in [2.45, 2.75) is 85.5 Å². The summed E-state index contributed by atoms with van der Waals surface area (Å²) in [6, 6.07) is 19.8. The molecule has 5 aromatic rings. The van der Waals surface area contributed by atoms with Gasteiger partial charge in [-0.2, -0.15) is 0 Å². The Hall–Kier alpha value is -5.85. The second-order valence-corrected chi connectivity index (χ2v) is 18.5. The van der Waals surface area contributed by atoms with Gasteiger partial charge in [0.2, 0.25) is 11.8 Å². The van der Waals surface area contributed by atoms with E-state index < -0.39 is 24.3 Å². The van der Waals surface area contributed by atoms with Crippen LogP contribution in [0.1, 0.15) is 83.5 Å². The van der Waals surface area contributed by atoms with Crippen molar-refractivity contribution < 1.29 is 28.7 Å². The van der Waals surface area contributed by atoms with E-state index in [1.807, 2.05) is 44.5 Å². The van der Waals surface area contributed by atoms with Crippen LogP contribution >= 0.6 is 0 Å². The fraction of sp³-hybridized carbons (Fsp3) is 0.490. The zero-order valence-electron chi connectivity index (χ0n) is 38.4. The minimum atomic E-state index is -0.651. The van der Waals surface area contributed by atoms with Crippen LogP contribution in [0.4, 0.5) is 9.59 Å². The van der Waals surface area contributed by atoms with E-state index in [0.29, 0.717) is 19.0 Å². The van der Waals surface area contributed by atoms with Gasteiger partial charge in [0, 0.05) is 50.8 Å². The van der Waals surface area contributed by atoms with Crippen molar-refractivity contribution in [2.75, 3.05) is 41.4 Å². The van der Waals surface area contributed by atoms with Gasteiger partial charge in [-0.25, -0.2) is 14.6 Å². The number of amides is 4. The van der Waals surface area contributed by atoms with Gasteiger partial charge in [0.1, 0.15) is 17.9 Å². The number of hydrogen-bond acceptors (Lipinski definition) is 7. The van der Waals surface area contributed by atoms with E-state index in [-0.39, 0.29) is 41.7 Å². The normalized spacial score (nSPS) is 20.0. The first-order valence-electron chi connectivity index (χ1n) is 21.9. The maximum atomic E-state index is 14.2. The number of hydrogen-bond donors (Lipinski definition) is 1. The van der Waals surface area contributed by atoms with E-state index in [1.54, 1.807) is 14.1 Å². The molecular formula is C49H63N7O6. The number of methoxy groups -OCH3 is 2. The Kier molecular flexibility index (Phi) is 12.5. The Morgan fingerprint density at radius 2 is 1.18 bits per heavy atom. The summed E-state index contributed by atoms with van der Waals surface area (Å²) in [6.07, 6.45) is 0.564. The fourth-order valence-corrected chi connectivity index (χ4v) is 10.1. The maximum Gasteiger partial charge on any atom is 0.409 e. The van der Waals surface area contributed by atoms with Crippen molar-refractivity contribution in [1.29, 1.82) is 0 Å². The lowest BCUT2D eigenvalue weighted by atomic mass is 9.97. The molecule has 13 heteroatoms. The van der Waals surface area contributed by atoms with E-state index in [2.05, 4.69) is 91.0 Å². The lowest BCUT2D eigenvalue weighted by Gasteiger charge is -2.35. The highest BCUT2D eigenvalue weighted by Gasteiger charge is 2.44. The van der Waals surface area contributed by atoms with Crippen molar-refractivity contribution in [3.8, 4) is 22.3 Å². The van der Waals surface area contributed by atoms with Crippen molar-refractivity contribution in [3.05, 3.63) is 77.7 Å². The molecule has 62 heavy (non-hydrogen) atoms. The van der Waals surface area contributed by atoms with Crippen molar-refractivity contribution in [1.82, 2.24) is 34.1 Å². The Morgan fingerprint density at radius 3 is 1.69 bits per heavy atom. The number of aromatic nitrogens is 3. The highest BCUT2D eigenvalue weighted by molar-refractivity contribution is 5.91.